The number of ether oxygens (including phenoxy) is 3. The highest BCUT2D eigenvalue weighted by molar-refractivity contribution is 7.92. The van der Waals surface area contributed by atoms with Crippen LogP contribution in [0.5, 0.6) is 17.2 Å². The highest BCUT2D eigenvalue weighted by atomic mass is 32.2. The molecular formula is C32H30FN3O7S. The lowest BCUT2D eigenvalue weighted by Crippen LogP contribution is -2.48. The van der Waals surface area contributed by atoms with Crippen LogP contribution in [0.15, 0.2) is 102 Å². The molecule has 1 aliphatic heterocycles. The number of carbonyl (C=O) groups excluding carboxylic acids is 2. The molecular weight excluding hydrogens is 589 g/mol. The van der Waals surface area contributed by atoms with Crippen molar-refractivity contribution in [3.05, 3.63) is 114 Å². The van der Waals surface area contributed by atoms with Crippen LogP contribution in [0, 0.1) is 5.82 Å². The summed E-state index contributed by atoms with van der Waals surface area (Å²) in [6, 6.07) is 24.3. The van der Waals surface area contributed by atoms with E-state index >= 15 is 0 Å². The van der Waals surface area contributed by atoms with Gasteiger partial charge in [-0.25, -0.2) is 12.8 Å². The van der Waals surface area contributed by atoms with Crippen molar-refractivity contribution in [3.8, 4) is 17.2 Å². The Morgan fingerprint density at radius 3 is 2.34 bits per heavy atom. The molecule has 228 valence electrons. The number of nitrogens with one attached hydrogen (secondary N) is 2. The zero-order chi connectivity index (χ0) is 31.1. The maximum atomic E-state index is 13.4. The van der Waals surface area contributed by atoms with Gasteiger partial charge in [-0.15, -0.1) is 0 Å². The SMILES string of the molecule is C[C@H](C(=O)NCc1ccc2c(c1)OCO2)N(Cc1ccccc1)C(=O)COc1ccc(S(=O)(=O)Nc2ccc(F)cc2)cc1. The fourth-order valence-electron chi connectivity index (χ4n) is 4.43. The summed E-state index contributed by atoms with van der Waals surface area (Å²) in [7, 11) is -3.93. The third-order valence-corrected chi connectivity index (χ3v) is 8.26. The van der Waals surface area contributed by atoms with E-state index in [1.165, 1.54) is 41.3 Å². The predicted molar refractivity (Wildman–Crippen MR) is 160 cm³/mol. The first-order chi connectivity index (χ1) is 21.2. The largest absolute Gasteiger partial charge is 0.484 e. The zero-order valence-electron chi connectivity index (χ0n) is 23.7. The first-order valence-corrected chi connectivity index (χ1v) is 15.2. The third kappa shape index (κ3) is 7.64. The molecule has 0 fully saturated rings. The monoisotopic (exact) mass is 619 g/mol. The molecule has 1 atom stereocenters. The van der Waals surface area contributed by atoms with Crippen LogP contribution in [0.1, 0.15) is 18.1 Å². The van der Waals surface area contributed by atoms with Crippen molar-refractivity contribution in [3.63, 3.8) is 0 Å². The number of nitrogens with zero attached hydrogens (tertiary/aromatic N) is 1. The van der Waals surface area contributed by atoms with Gasteiger partial charge >= 0.3 is 0 Å². The Balaban J connectivity index is 1.21. The second-order valence-electron chi connectivity index (χ2n) is 9.96. The summed E-state index contributed by atoms with van der Waals surface area (Å²) in [6.07, 6.45) is 0. The van der Waals surface area contributed by atoms with Gasteiger partial charge in [-0.3, -0.25) is 14.3 Å². The summed E-state index contributed by atoms with van der Waals surface area (Å²) in [5.41, 5.74) is 1.86. The number of hydrogen-bond donors (Lipinski definition) is 2. The molecule has 5 rings (SSSR count). The molecule has 1 heterocycles. The Morgan fingerprint density at radius 1 is 0.909 bits per heavy atom. The van der Waals surface area contributed by atoms with Crippen molar-refractivity contribution in [2.24, 2.45) is 0 Å². The minimum atomic E-state index is -3.93. The average molecular weight is 620 g/mol. The number of carbonyl (C=O) groups is 2. The second-order valence-corrected chi connectivity index (χ2v) is 11.6. The number of benzene rings is 4. The van der Waals surface area contributed by atoms with Crippen LogP contribution in [0.4, 0.5) is 10.1 Å². The smallest absolute Gasteiger partial charge is 0.261 e. The molecule has 0 spiro atoms. The van der Waals surface area contributed by atoms with Crippen LogP contribution in [-0.2, 0) is 32.7 Å². The van der Waals surface area contributed by atoms with Gasteiger partial charge in [0.2, 0.25) is 12.7 Å². The predicted octanol–water partition coefficient (Wildman–Crippen LogP) is 4.47. The number of halogens is 1. The lowest BCUT2D eigenvalue weighted by Gasteiger charge is -2.28. The van der Waals surface area contributed by atoms with E-state index in [1.54, 1.807) is 19.1 Å². The minimum Gasteiger partial charge on any atom is -0.484 e. The van der Waals surface area contributed by atoms with Gasteiger partial charge in [-0.1, -0.05) is 36.4 Å². The Labute approximate surface area is 254 Å². The highest BCUT2D eigenvalue weighted by Gasteiger charge is 2.27. The molecule has 0 aliphatic carbocycles. The molecule has 2 N–H and O–H groups in total. The molecule has 12 heteroatoms. The molecule has 0 saturated heterocycles. The zero-order valence-corrected chi connectivity index (χ0v) is 24.6. The van der Waals surface area contributed by atoms with Crippen molar-refractivity contribution >= 4 is 27.5 Å². The van der Waals surface area contributed by atoms with Gasteiger partial charge in [0.15, 0.2) is 18.1 Å². The maximum Gasteiger partial charge on any atom is 0.261 e. The number of sulfonamides is 1. The molecule has 44 heavy (non-hydrogen) atoms. The first-order valence-electron chi connectivity index (χ1n) is 13.7. The van der Waals surface area contributed by atoms with E-state index in [2.05, 4.69) is 10.0 Å². The number of anilines is 1. The van der Waals surface area contributed by atoms with Gasteiger partial charge in [0, 0.05) is 18.8 Å². The van der Waals surface area contributed by atoms with E-state index < -0.39 is 27.8 Å². The highest BCUT2D eigenvalue weighted by Crippen LogP contribution is 2.32. The van der Waals surface area contributed by atoms with Crippen LogP contribution in [0.2, 0.25) is 0 Å². The Kier molecular flexibility index (Phi) is 9.29. The van der Waals surface area contributed by atoms with Crippen LogP contribution in [-0.4, -0.2) is 44.6 Å². The van der Waals surface area contributed by atoms with Gasteiger partial charge in [-0.05, 0) is 78.7 Å². The van der Waals surface area contributed by atoms with Crippen molar-refractivity contribution in [1.82, 2.24) is 10.2 Å². The summed E-state index contributed by atoms with van der Waals surface area (Å²) >= 11 is 0. The Bertz CT molecular complexity index is 1720. The van der Waals surface area contributed by atoms with Gasteiger partial charge < -0.3 is 24.4 Å². The average Bonchev–Trinajstić information content (AvgIpc) is 3.51. The lowest BCUT2D eigenvalue weighted by molar-refractivity contribution is -0.142. The molecule has 1 aliphatic rings. The van der Waals surface area contributed by atoms with E-state index in [0.717, 1.165) is 23.3 Å². The van der Waals surface area contributed by atoms with Gasteiger partial charge in [0.25, 0.3) is 15.9 Å². The molecule has 4 aromatic carbocycles. The fraction of sp³-hybridized carbons (Fsp3) is 0.188. The standard InChI is InChI=1S/C32H30FN3O7S/c1-22(32(38)34-18-24-7-16-29-30(17-24)43-21-42-29)36(19-23-5-3-2-4-6-23)31(37)20-41-27-12-14-28(15-13-27)44(39,40)35-26-10-8-25(33)9-11-26/h2-17,22,35H,18-21H2,1H3,(H,34,38)/t22-/m1/s1. The summed E-state index contributed by atoms with van der Waals surface area (Å²) in [4.78, 5) is 27.9. The molecule has 4 aromatic rings. The van der Waals surface area contributed by atoms with Crippen molar-refractivity contribution in [1.29, 1.82) is 0 Å². The van der Waals surface area contributed by atoms with E-state index in [-0.39, 0.29) is 48.7 Å². The van der Waals surface area contributed by atoms with Crippen molar-refractivity contribution < 1.29 is 36.6 Å². The quantitative estimate of drug-likeness (QED) is 0.240. The molecule has 2 amide bonds. The summed E-state index contributed by atoms with van der Waals surface area (Å²) in [5.74, 6) is 0.245. The topological polar surface area (TPSA) is 123 Å². The fourth-order valence-corrected chi connectivity index (χ4v) is 5.48. The number of hydrogen-bond acceptors (Lipinski definition) is 7. The molecule has 0 saturated carbocycles. The van der Waals surface area contributed by atoms with Gasteiger partial charge in [-0.2, -0.15) is 0 Å². The molecule has 0 aromatic heterocycles. The maximum absolute atomic E-state index is 13.4. The molecule has 10 nitrogen and oxygen atoms in total. The van der Waals surface area contributed by atoms with Gasteiger partial charge in [0.1, 0.15) is 17.6 Å². The first kappa shape index (κ1) is 30.4. The van der Waals surface area contributed by atoms with E-state index in [4.69, 9.17) is 14.2 Å². The number of fused-ring (bicyclic) bond motifs is 1. The molecule has 0 unspecified atom stereocenters. The summed E-state index contributed by atoms with van der Waals surface area (Å²) in [5, 5.41) is 2.87. The van der Waals surface area contributed by atoms with Crippen LogP contribution >= 0.6 is 0 Å². The minimum absolute atomic E-state index is 0.0426. The molecule has 0 bridgehead atoms. The van der Waals surface area contributed by atoms with Crippen molar-refractivity contribution in [2.45, 2.75) is 31.0 Å². The van der Waals surface area contributed by atoms with E-state index in [0.29, 0.717) is 11.5 Å². The van der Waals surface area contributed by atoms with Crippen LogP contribution in [0.3, 0.4) is 0 Å². The van der Waals surface area contributed by atoms with Crippen LogP contribution < -0.4 is 24.2 Å². The van der Waals surface area contributed by atoms with Crippen LogP contribution in [0.25, 0.3) is 0 Å². The normalized spacial score (nSPS) is 12.7. The van der Waals surface area contributed by atoms with E-state index in [9.17, 15) is 22.4 Å². The number of amides is 2. The summed E-state index contributed by atoms with van der Waals surface area (Å²) in [6.45, 7) is 1.82. The summed E-state index contributed by atoms with van der Waals surface area (Å²) < 4.78 is 57.3. The number of rotatable bonds is 12. The molecule has 0 radical (unpaired) electrons. The van der Waals surface area contributed by atoms with Gasteiger partial charge in [0.05, 0.1) is 4.90 Å². The third-order valence-electron chi connectivity index (χ3n) is 6.86. The van der Waals surface area contributed by atoms with Crippen molar-refractivity contribution in [2.75, 3.05) is 18.1 Å². The second kappa shape index (κ2) is 13.5. The lowest BCUT2D eigenvalue weighted by atomic mass is 10.1. The Morgan fingerprint density at radius 2 is 1.61 bits per heavy atom. The Hall–Kier alpha value is -5.10. The van der Waals surface area contributed by atoms with E-state index in [1.807, 2.05) is 36.4 Å².